The van der Waals surface area contributed by atoms with E-state index < -0.39 is 27.3 Å². The van der Waals surface area contributed by atoms with Crippen molar-refractivity contribution in [2.75, 3.05) is 24.6 Å². The highest BCUT2D eigenvalue weighted by Gasteiger charge is 2.44. The van der Waals surface area contributed by atoms with Crippen LogP contribution in [0.1, 0.15) is 61.0 Å². The number of carboxylic acids is 1. The molecule has 0 bridgehead atoms. The zero-order chi connectivity index (χ0) is 29.5. The van der Waals surface area contributed by atoms with Crippen molar-refractivity contribution < 1.29 is 28.2 Å². The highest BCUT2D eigenvalue weighted by Crippen LogP contribution is 2.46. The van der Waals surface area contributed by atoms with Crippen molar-refractivity contribution >= 4 is 33.3 Å². The molecule has 2 aromatic rings. The lowest BCUT2D eigenvalue weighted by Gasteiger charge is -2.45. The molecule has 2 aliphatic carbocycles. The minimum Gasteiger partial charge on any atom is -0.490 e. The SMILES string of the molecule is CC(/C=C/C(O)[C@@H]1CC[C@H]1CN1C[C@@]2(CCCc3cc(Cl)ccc32)COc2ccc(C(=O)O)cc21)C(C)S(N)(=O)=O. The molecule has 1 aliphatic heterocycles. The number of nitrogens with two attached hydrogens (primary N) is 1. The number of nitrogens with zero attached hydrogens (tertiary/aromatic N) is 1. The number of aromatic carboxylic acids is 1. The van der Waals surface area contributed by atoms with Gasteiger partial charge in [0.05, 0.1) is 29.2 Å². The molecular weight excluding hydrogens is 564 g/mol. The first-order valence-corrected chi connectivity index (χ1v) is 16.3. The fraction of sp³-hybridized carbons (Fsp3) is 0.516. The van der Waals surface area contributed by atoms with Crippen LogP contribution >= 0.6 is 11.6 Å². The van der Waals surface area contributed by atoms with Gasteiger partial charge < -0.3 is 19.8 Å². The molecule has 0 saturated heterocycles. The number of aliphatic hydroxyl groups excluding tert-OH is 1. The van der Waals surface area contributed by atoms with E-state index in [0.29, 0.717) is 30.5 Å². The second kappa shape index (κ2) is 11.6. The van der Waals surface area contributed by atoms with Gasteiger partial charge in [-0.25, -0.2) is 18.4 Å². The maximum atomic E-state index is 11.9. The lowest BCUT2D eigenvalue weighted by atomic mass is 9.68. The molecule has 4 N–H and O–H groups in total. The first-order valence-electron chi connectivity index (χ1n) is 14.3. The van der Waals surface area contributed by atoms with Crippen LogP contribution < -0.4 is 14.8 Å². The number of hydrogen-bond donors (Lipinski definition) is 3. The number of hydrogen-bond acceptors (Lipinski definition) is 6. The van der Waals surface area contributed by atoms with Crippen molar-refractivity contribution in [2.45, 2.75) is 62.7 Å². The Morgan fingerprint density at radius 1 is 1.22 bits per heavy atom. The Hall–Kier alpha value is -2.59. The van der Waals surface area contributed by atoms with E-state index in [1.165, 1.54) is 11.1 Å². The fourth-order valence-electron chi connectivity index (χ4n) is 6.69. The molecular formula is C31H39ClN2O6S. The minimum atomic E-state index is -3.67. The number of benzene rings is 2. The summed E-state index contributed by atoms with van der Waals surface area (Å²) in [5.74, 6) is -0.483. The highest BCUT2D eigenvalue weighted by atomic mass is 35.5. The third-order valence-electron chi connectivity index (χ3n) is 9.52. The Morgan fingerprint density at radius 3 is 2.68 bits per heavy atom. The van der Waals surface area contributed by atoms with Gasteiger partial charge in [0.2, 0.25) is 10.0 Å². The Labute approximate surface area is 247 Å². The maximum Gasteiger partial charge on any atom is 0.335 e. The van der Waals surface area contributed by atoms with Gasteiger partial charge in [0.25, 0.3) is 0 Å². The molecule has 8 nitrogen and oxygen atoms in total. The van der Waals surface area contributed by atoms with Crippen molar-refractivity contribution in [2.24, 2.45) is 22.9 Å². The Balaban J connectivity index is 1.42. The number of rotatable bonds is 8. The van der Waals surface area contributed by atoms with E-state index in [2.05, 4.69) is 11.0 Å². The van der Waals surface area contributed by atoms with Crippen molar-refractivity contribution in [1.29, 1.82) is 0 Å². The maximum absolute atomic E-state index is 11.9. The van der Waals surface area contributed by atoms with Crippen molar-refractivity contribution in [1.82, 2.24) is 0 Å². The molecule has 222 valence electrons. The predicted molar refractivity (Wildman–Crippen MR) is 160 cm³/mol. The van der Waals surface area contributed by atoms with Crippen LogP contribution in [0.4, 0.5) is 5.69 Å². The van der Waals surface area contributed by atoms with Gasteiger partial charge in [-0.05, 0) is 98.2 Å². The molecule has 0 radical (unpaired) electrons. The van der Waals surface area contributed by atoms with Crippen LogP contribution in [-0.4, -0.2) is 55.7 Å². The number of aryl methyl sites for hydroxylation is 1. The zero-order valence-corrected chi connectivity index (χ0v) is 25.1. The molecule has 41 heavy (non-hydrogen) atoms. The number of allylic oxidation sites excluding steroid dienone is 1. The molecule has 2 aromatic carbocycles. The van der Waals surface area contributed by atoms with Gasteiger partial charge in [-0.3, -0.25) is 0 Å². The lowest BCUT2D eigenvalue weighted by Crippen LogP contribution is -2.49. The predicted octanol–water partition coefficient (Wildman–Crippen LogP) is 4.77. The first kappa shape index (κ1) is 29.9. The van der Waals surface area contributed by atoms with Crippen LogP contribution in [0, 0.1) is 17.8 Å². The van der Waals surface area contributed by atoms with Crippen molar-refractivity contribution in [3.63, 3.8) is 0 Å². The molecule has 3 unspecified atom stereocenters. The summed E-state index contributed by atoms with van der Waals surface area (Å²) in [4.78, 5) is 14.1. The monoisotopic (exact) mass is 602 g/mol. The van der Waals surface area contributed by atoms with Gasteiger partial charge in [-0.15, -0.1) is 0 Å². The van der Waals surface area contributed by atoms with Crippen LogP contribution in [0.5, 0.6) is 5.75 Å². The number of fused-ring (bicyclic) bond motifs is 3. The molecule has 1 saturated carbocycles. The van der Waals surface area contributed by atoms with E-state index in [4.69, 9.17) is 21.5 Å². The van der Waals surface area contributed by atoms with Gasteiger partial charge in [-0.2, -0.15) is 0 Å². The molecule has 1 spiro atoms. The standard InChI is InChI=1S/C31H39ClN2O6S/c1-19(20(2)41(33,38)39)5-11-28(35)25-9-6-23(25)16-34-17-31(13-3-4-21-14-24(32)8-10-26(21)31)18-40-29-12-7-22(30(36)37)15-27(29)34/h5,7-8,10-12,14-15,19-20,23,25,28,35H,3-4,6,9,13,16-18H2,1-2H3,(H,36,37)(H2,33,38,39)/b11-5+/t19?,20?,23-,25+,28?,31-/m0/s1. The quantitative estimate of drug-likeness (QED) is 0.371. The summed E-state index contributed by atoms with van der Waals surface area (Å²) >= 11 is 6.35. The lowest BCUT2D eigenvalue weighted by molar-refractivity contribution is 0.0454. The normalized spacial score (nSPS) is 26.3. The number of halogens is 1. The average Bonchev–Trinajstić information content (AvgIpc) is 3.05. The van der Waals surface area contributed by atoms with E-state index in [9.17, 15) is 23.4 Å². The Kier molecular flexibility index (Phi) is 8.45. The van der Waals surface area contributed by atoms with E-state index in [1.807, 2.05) is 12.1 Å². The highest BCUT2D eigenvalue weighted by molar-refractivity contribution is 7.89. The number of anilines is 1. The van der Waals surface area contributed by atoms with Crippen molar-refractivity contribution in [3.8, 4) is 5.75 Å². The van der Waals surface area contributed by atoms with Gasteiger partial charge in [0, 0.05) is 23.5 Å². The summed E-state index contributed by atoms with van der Waals surface area (Å²) < 4.78 is 29.9. The summed E-state index contributed by atoms with van der Waals surface area (Å²) in [6.07, 6.45) is 7.42. The van der Waals surface area contributed by atoms with E-state index in [1.54, 1.807) is 44.2 Å². The molecule has 10 heteroatoms. The van der Waals surface area contributed by atoms with E-state index >= 15 is 0 Å². The molecule has 0 aromatic heterocycles. The van der Waals surface area contributed by atoms with Gasteiger partial charge in [0.1, 0.15) is 5.75 Å². The average molecular weight is 603 g/mol. The smallest absolute Gasteiger partial charge is 0.335 e. The molecule has 1 fully saturated rings. The van der Waals surface area contributed by atoms with Crippen molar-refractivity contribution in [3.05, 3.63) is 70.3 Å². The second-order valence-corrected chi connectivity index (χ2v) is 14.5. The number of aliphatic hydroxyl groups is 1. The summed E-state index contributed by atoms with van der Waals surface area (Å²) in [5.41, 5.74) is 3.15. The Bertz CT molecular complexity index is 1450. The second-order valence-electron chi connectivity index (χ2n) is 12.1. The first-order chi connectivity index (χ1) is 19.4. The van der Waals surface area contributed by atoms with Crippen LogP contribution in [-0.2, 0) is 21.9 Å². The molecule has 3 aliphatic rings. The minimum absolute atomic E-state index is 0.00640. The molecule has 5 rings (SSSR count). The number of carbonyl (C=O) groups is 1. The van der Waals surface area contributed by atoms with Crippen LogP contribution in [0.2, 0.25) is 5.02 Å². The number of ether oxygens (including phenoxy) is 1. The van der Waals surface area contributed by atoms with Crippen LogP contribution in [0.15, 0.2) is 48.6 Å². The van der Waals surface area contributed by atoms with E-state index in [0.717, 1.165) is 37.8 Å². The van der Waals surface area contributed by atoms with Crippen LogP contribution in [0.25, 0.3) is 0 Å². The summed E-state index contributed by atoms with van der Waals surface area (Å²) in [6, 6.07) is 11.1. The summed E-state index contributed by atoms with van der Waals surface area (Å²) in [6.45, 7) is 5.13. The summed E-state index contributed by atoms with van der Waals surface area (Å²) in [7, 11) is -3.67. The third-order valence-corrected chi connectivity index (χ3v) is 11.2. The summed E-state index contributed by atoms with van der Waals surface area (Å²) in [5, 5.41) is 26.1. The van der Waals surface area contributed by atoms with Gasteiger partial charge >= 0.3 is 5.97 Å². The zero-order valence-electron chi connectivity index (χ0n) is 23.5. The van der Waals surface area contributed by atoms with E-state index in [-0.39, 0.29) is 28.7 Å². The molecule has 0 amide bonds. The number of sulfonamides is 1. The Morgan fingerprint density at radius 2 is 2.00 bits per heavy atom. The largest absolute Gasteiger partial charge is 0.490 e. The van der Waals surface area contributed by atoms with Crippen LogP contribution in [0.3, 0.4) is 0 Å². The topological polar surface area (TPSA) is 130 Å². The fourth-order valence-corrected chi connectivity index (χ4v) is 7.57. The third kappa shape index (κ3) is 6.14. The van der Waals surface area contributed by atoms with Gasteiger partial charge in [-0.1, -0.05) is 36.7 Å². The molecule has 6 atom stereocenters. The number of primary sulfonamides is 1. The number of carboxylic acid groups (broad SMARTS) is 1. The molecule has 1 heterocycles. The van der Waals surface area contributed by atoms with Gasteiger partial charge in [0.15, 0.2) is 0 Å².